The average molecular weight is 452 g/mol. The first-order valence-corrected chi connectivity index (χ1v) is 10.8. The van der Waals surface area contributed by atoms with Crippen LogP contribution >= 0.6 is 0 Å². The Morgan fingerprint density at radius 2 is 2.06 bits per heavy atom. The van der Waals surface area contributed by atoms with Crippen LogP contribution in [0, 0.1) is 25.2 Å². The zero-order valence-electron chi connectivity index (χ0n) is 18.5. The van der Waals surface area contributed by atoms with E-state index in [9.17, 15) is 14.7 Å². The summed E-state index contributed by atoms with van der Waals surface area (Å²) in [6.45, 7) is 4.63. The number of halogens is 1. The quantitative estimate of drug-likeness (QED) is 0.670. The van der Waals surface area contributed by atoms with Crippen LogP contribution in [0.4, 0.5) is 10.2 Å². The van der Waals surface area contributed by atoms with Crippen molar-refractivity contribution in [3.8, 4) is 6.07 Å². The van der Waals surface area contributed by atoms with Gasteiger partial charge in [-0.2, -0.15) is 5.26 Å². The largest absolute Gasteiger partial charge is 0.457 e. The van der Waals surface area contributed by atoms with E-state index in [-0.39, 0.29) is 31.2 Å². The number of β-amino-alcohol motifs (C(OH)–C–C–N with tert-alkyl or cyclic N) is 1. The molecule has 172 valence electrons. The van der Waals surface area contributed by atoms with Crippen LogP contribution in [-0.2, 0) is 16.1 Å². The molecule has 1 aromatic carbocycles. The number of carbonyl (C=O) groups excluding carboxylic acids is 2. The molecule has 1 fully saturated rings. The number of ether oxygens (including phenoxy) is 1. The Balaban J connectivity index is 1.35. The lowest BCUT2D eigenvalue weighted by Crippen LogP contribution is -2.49. The van der Waals surface area contributed by atoms with Gasteiger partial charge in [0.15, 0.2) is 5.67 Å². The van der Waals surface area contributed by atoms with Gasteiger partial charge in [-0.1, -0.05) is 6.07 Å². The van der Waals surface area contributed by atoms with Crippen molar-refractivity contribution in [2.24, 2.45) is 0 Å². The number of amides is 1. The number of pyridine rings is 1. The van der Waals surface area contributed by atoms with Crippen LogP contribution in [0.1, 0.15) is 57.3 Å². The van der Waals surface area contributed by atoms with Gasteiger partial charge in [-0.25, -0.2) is 14.2 Å². The van der Waals surface area contributed by atoms with Gasteiger partial charge < -0.3 is 20.1 Å². The molecule has 0 spiro atoms. The second-order valence-corrected chi connectivity index (χ2v) is 8.56. The maximum atomic E-state index is 15.4. The van der Waals surface area contributed by atoms with Crippen LogP contribution in [0.5, 0.6) is 0 Å². The number of hydrogen-bond acceptors (Lipinski definition) is 7. The van der Waals surface area contributed by atoms with Crippen molar-refractivity contribution < 1.29 is 23.8 Å². The Morgan fingerprint density at radius 1 is 1.33 bits per heavy atom. The van der Waals surface area contributed by atoms with Crippen molar-refractivity contribution in [1.82, 2.24) is 9.88 Å². The van der Waals surface area contributed by atoms with Crippen LogP contribution in [0.25, 0.3) is 0 Å². The predicted octanol–water partition coefficient (Wildman–Crippen LogP) is 2.72. The smallest absolute Gasteiger partial charge is 0.338 e. The standard InChI is InChI=1S/C24H25FN4O4/c1-14-17(4-5-18-19(14)13-33-22(18)31)20(30)12-29-9-7-24(25,8-10-29)23(32)28-21-6-3-16(11-26)15(2)27-21/h3-6,20,30H,7-10,12-13H2,1-2H3,(H,27,28,32)/t20-/m0/s1. The van der Waals surface area contributed by atoms with Gasteiger partial charge in [0, 0.05) is 38.0 Å². The highest BCUT2D eigenvalue weighted by molar-refractivity contribution is 5.96. The molecule has 0 unspecified atom stereocenters. The summed E-state index contributed by atoms with van der Waals surface area (Å²) >= 11 is 0. The van der Waals surface area contributed by atoms with E-state index >= 15 is 4.39 Å². The number of aliphatic hydroxyl groups excluding tert-OH is 1. The van der Waals surface area contributed by atoms with Gasteiger partial charge in [-0.05, 0) is 43.2 Å². The number of piperidine rings is 1. The highest BCUT2D eigenvalue weighted by atomic mass is 19.1. The number of cyclic esters (lactones) is 1. The minimum absolute atomic E-state index is 0.00761. The number of hydrogen-bond donors (Lipinski definition) is 2. The number of aromatic nitrogens is 1. The fourth-order valence-corrected chi connectivity index (χ4v) is 4.37. The Labute approximate surface area is 191 Å². The van der Waals surface area contributed by atoms with Crippen molar-refractivity contribution >= 4 is 17.7 Å². The number of rotatable bonds is 5. The molecule has 8 nitrogen and oxygen atoms in total. The van der Waals surface area contributed by atoms with Crippen molar-refractivity contribution in [2.45, 2.75) is 45.1 Å². The van der Waals surface area contributed by atoms with Gasteiger partial charge in [0.2, 0.25) is 0 Å². The monoisotopic (exact) mass is 452 g/mol. The summed E-state index contributed by atoms with van der Waals surface area (Å²) in [4.78, 5) is 30.4. The summed E-state index contributed by atoms with van der Waals surface area (Å²) < 4.78 is 20.4. The molecule has 1 atom stereocenters. The van der Waals surface area contributed by atoms with Crippen LogP contribution in [0.2, 0.25) is 0 Å². The lowest BCUT2D eigenvalue weighted by molar-refractivity contribution is -0.130. The highest BCUT2D eigenvalue weighted by Gasteiger charge is 2.42. The number of anilines is 1. The molecular weight excluding hydrogens is 427 g/mol. The molecule has 0 bridgehead atoms. The molecule has 1 saturated heterocycles. The number of fused-ring (bicyclic) bond motifs is 1. The first-order valence-electron chi connectivity index (χ1n) is 10.8. The fraction of sp³-hybridized carbons (Fsp3) is 0.417. The molecule has 1 amide bonds. The molecule has 9 heteroatoms. The molecule has 2 aliphatic rings. The maximum absolute atomic E-state index is 15.4. The molecule has 33 heavy (non-hydrogen) atoms. The van der Waals surface area contributed by atoms with E-state index in [0.717, 1.165) is 11.1 Å². The number of esters is 1. The number of aryl methyl sites for hydroxylation is 1. The topological polar surface area (TPSA) is 116 Å². The van der Waals surface area contributed by atoms with Gasteiger partial charge in [-0.3, -0.25) is 4.79 Å². The molecular formula is C24H25FN4O4. The first-order chi connectivity index (χ1) is 15.7. The zero-order chi connectivity index (χ0) is 23.8. The molecule has 0 radical (unpaired) electrons. The summed E-state index contributed by atoms with van der Waals surface area (Å²) in [6, 6.07) is 8.42. The minimum Gasteiger partial charge on any atom is -0.457 e. The number of nitrogens with one attached hydrogen (secondary N) is 1. The van der Waals surface area contributed by atoms with Gasteiger partial charge in [0.05, 0.1) is 22.9 Å². The predicted molar refractivity (Wildman–Crippen MR) is 117 cm³/mol. The van der Waals surface area contributed by atoms with E-state index in [4.69, 9.17) is 10.00 Å². The summed E-state index contributed by atoms with van der Waals surface area (Å²) in [6.07, 6.45) is -0.823. The van der Waals surface area contributed by atoms with E-state index in [1.807, 2.05) is 17.9 Å². The molecule has 1 aromatic heterocycles. The van der Waals surface area contributed by atoms with Crippen molar-refractivity contribution in [1.29, 1.82) is 5.26 Å². The van der Waals surface area contributed by atoms with Crippen LogP contribution in [0.15, 0.2) is 24.3 Å². The summed E-state index contributed by atoms with van der Waals surface area (Å²) in [5, 5.41) is 22.3. The average Bonchev–Trinajstić information content (AvgIpc) is 3.17. The third-order valence-electron chi connectivity index (χ3n) is 6.50. The van der Waals surface area contributed by atoms with E-state index in [2.05, 4.69) is 10.3 Å². The first kappa shape index (κ1) is 22.8. The van der Waals surface area contributed by atoms with Gasteiger partial charge >= 0.3 is 5.97 Å². The molecule has 0 aliphatic carbocycles. The molecule has 2 aromatic rings. The van der Waals surface area contributed by atoms with Crippen LogP contribution < -0.4 is 5.32 Å². The number of nitrogens with zero attached hydrogens (tertiary/aromatic N) is 3. The number of nitriles is 1. The minimum atomic E-state index is -2.04. The molecule has 0 saturated carbocycles. The lowest BCUT2D eigenvalue weighted by atomic mass is 9.91. The third-order valence-corrected chi connectivity index (χ3v) is 6.50. The SMILES string of the molecule is Cc1nc(NC(=O)C2(F)CCN(C[C@H](O)c3ccc4c(c3C)COC4=O)CC2)ccc1C#N. The van der Waals surface area contributed by atoms with E-state index in [1.54, 1.807) is 19.1 Å². The van der Waals surface area contributed by atoms with Crippen LogP contribution in [0.3, 0.4) is 0 Å². The molecule has 3 heterocycles. The van der Waals surface area contributed by atoms with E-state index < -0.39 is 17.7 Å². The fourth-order valence-electron chi connectivity index (χ4n) is 4.37. The molecule has 2 aliphatic heterocycles. The van der Waals surface area contributed by atoms with Crippen molar-refractivity contribution in [3.63, 3.8) is 0 Å². The van der Waals surface area contributed by atoms with Gasteiger partial charge in [0.1, 0.15) is 18.5 Å². The van der Waals surface area contributed by atoms with E-state index in [0.29, 0.717) is 42.0 Å². The van der Waals surface area contributed by atoms with Crippen LogP contribution in [-0.4, -0.2) is 52.2 Å². The lowest BCUT2D eigenvalue weighted by Gasteiger charge is -2.36. The number of benzene rings is 1. The third kappa shape index (κ3) is 4.45. The summed E-state index contributed by atoms with van der Waals surface area (Å²) in [7, 11) is 0. The number of carbonyl (C=O) groups is 2. The molecule has 2 N–H and O–H groups in total. The second kappa shape index (κ2) is 8.89. The van der Waals surface area contributed by atoms with Gasteiger partial charge in [0.25, 0.3) is 5.91 Å². The van der Waals surface area contributed by atoms with E-state index in [1.165, 1.54) is 12.1 Å². The Morgan fingerprint density at radius 3 is 2.73 bits per heavy atom. The molecule has 4 rings (SSSR count). The summed E-state index contributed by atoms with van der Waals surface area (Å²) in [5.74, 6) is -0.895. The maximum Gasteiger partial charge on any atom is 0.338 e. The number of likely N-dealkylation sites (tertiary alicyclic amines) is 1. The Bertz CT molecular complexity index is 1150. The van der Waals surface area contributed by atoms with Crippen molar-refractivity contribution in [2.75, 3.05) is 25.0 Å². The zero-order valence-corrected chi connectivity index (χ0v) is 18.5. The van der Waals surface area contributed by atoms with Crippen molar-refractivity contribution in [3.05, 3.63) is 57.8 Å². The normalized spacial score (nSPS) is 18.2. The summed E-state index contributed by atoms with van der Waals surface area (Å²) in [5.41, 5.74) is 1.68. The van der Waals surface area contributed by atoms with Gasteiger partial charge in [-0.15, -0.1) is 0 Å². The second-order valence-electron chi connectivity index (χ2n) is 8.56. The Hall–Kier alpha value is -3.35. The number of alkyl halides is 1. The number of aliphatic hydroxyl groups is 1. The Kier molecular flexibility index (Phi) is 6.15. The highest BCUT2D eigenvalue weighted by Crippen LogP contribution is 2.32.